The highest BCUT2D eigenvalue weighted by atomic mass is 32.2. The SMILES string of the molecule is CC(N)c1ccc2c(c1)SCC(=O)N2C1CCCC1. The highest BCUT2D eigenvalue weighted by Gasteiger charge is 2.32. The summed E-state index contributed by atoms with van der Waals surface area (Å²) in [6, 6.07) is 6.75. The molecule has 1 fully saturated rings. The molecule has 1 unspecified atom stereocenters. The van der Waals surface area contributed by atoms with Gasteiger partial charge in [-0.25, -0.2) is 0 Å². The summed E-state index contributed by atoms with van der Waals surface area (Å²) in [4.78, 5) is 15.5. The molecule has 1 aromatic rings. The molecule has 0 spiro atoms. The third-order valence-electron chi connectivity index (χ3n) is 4.08. The van der Waals surface area contributed by atoms with Crippen LogP contribution in [-0.4, -0.2) is 17.7 Å². The van der Waals surface area contributed by atoms with Crippen LogP contribution in [0.4, 0.5) is 5.69 Å². The van der Waals surface area contributed by atoms with Crippen LogP contribution in [0.3, 0.4) is 0 Å². The van der Waals surface area contributed by atoms with Crippen molar-refractivity contribution in [3.05, 3.63) is 23.8 Å². The minimum atomic E-state index is 0.0449. The van der Waals surface area contributed by atoms with Gasteiger partial charge in [0.1, 0.15) is 0 Å². The number of carbonyl (C=O) groups excluding carboxylic acids is 1. The third kappa shape index (κ3) is 2.39. The second-order valence-electron chi connectivity index (χ2n) is 5.51. The molecule has 1 saturated carbocycles. The number of fused-ring (bicyclic) bond motifs is 1. The molecule has 4 heteroatoms. The van der Waals surface area contributed by atoms with Crippen LogP contribution in [-0.2, 0) is 4.79 Å². The summed E-state index contributed by atoms with van der Waals surface area (Å²) in [5.41, 5.74) is 8.18. The van der Waals surface area contributed by atoms with Crippen LogP contribution in [0.25, 0.3) is 0 Å². The molecule has 0 bridgehead atoms. The molecule has 2 N–H and O–H groups in total. The topological polar surface area (TPSA) is 46.3 Å². The van der Waals surface area contributed by atoms with E-state index in [9.17, 15) is 4.79 Å². The summed E-state index contributed by atoms with van der Waals surface area (Å²) in [5.74, 6) is 0.823. The van der Waals surface area contributed by atoms with E-state index in [4.69, 9.17) is 5.73 Å². The van der Waals surface area contributed by atoms with Crippen molar-refractivity contribution in [2.45, 2.75) is 49.6 Å². The lowest BCUT2D eigenvalue weighted by Gasteiger charge is -2.34. The number of carbonyl (C=O) groups is 1. The summed E-state index contributed by atoms with van der Waals surface area (Å²) in [6.07, 6.45) is 4.78. The van der Waals surface area contributed by atoms with E-state index >= 15 is 0 Å². The van der Waals surface area contributed by atoms with Crippen molar-refractivity contribution >= 4 is 23.4 Å². The van der Waals surface area contributed by atoms with Crippen molar-refractivity contribution in [2.24, 2.45) is 5.73 Å². The van der Waals surface area contributed by atoms with Crippen molar-refractivity contribution in [1.82, 2.24) is 0 Å². The van der Waals surface area contributed by atoms with Gasteiger partial charge in [-0.3, -0.25) is 4.79 Å². The molecule has 1 amide bonds. The third-order valence-corrected chi connectivity index (χ3v) is 5.11. The van der Waals surface area contributed by atoms with Gasteiger partial charge in [-0.1, -0.05) is 18.9 Å². The maximum Gasteiger partial charge on any atom is 0.237 e. The Kier molecular flexibility index (Phi) is 3.54. The van der Waals surface area contributed by atoms with E-state index in [1.165, 1.54) is 17.7 Å². The van der Waals surface area contributed by atoms with E-state index in [0.717, 1.165) is 24.1 Å². The van der Waals surface area contributed by atoms with Crippen LogP contribution in [0.2, 0.25) is 0 Å². The fourth-order valence-corrected chi connectivity index (χ4v) is 3.99. The minimum absolute atomic E-state index is 0.0449. The van der Waals surface area contributed by atoms with Crippen LogP contribution in [0.15, 0.2) is 23.1 Å². The van der Waals surface area contributed by atoms with Gasteiger partial charge in [-0.2, -0.15) is 0 Å². The summed E-state index contributed by atoms with van der Waals surface area (Å²) in [5, 5.41) is 0. The van der Waals surface area contributed by atoms with Crippen molar-refractivity contribution in [3.8, 4) is 0 Å². The molecule has 1 aliphatic carbocycles. The Bertz CT molecular complexity index is 495. The van der Waals surface area contributed by atoms with Gasteiger partial charge in [0.15, 0.2) is 0 Å². The van der Waals surface area contributed by atoms with E-state index in [1.54, 1.807) is 11.8 Å². The maximum absolute atomic E-state index is 12.2. The standard InChI is InChI=1S/C15H20N2OS/c1-10(16)11-6-7-13-14(8-11)19-9-15(18)17(13)12-4-2-3-5-12/h6-8,10,12H,2-5,9,16H2,1H3. The highest BCUT2D eigenvalue weighted by molar-refractivity contribution is 8.00. The lowest BCUT2D eigenvalue weighted by Crippen LogP contribution is -2.42. The largest absolute Gasteiger partial charge is 0.324 e. The predicted molar refractivity (Wildman–Crippen MR) is 79.5 cm³/mol. The molecular formula is C15H20N2OS. The molecule has 1 atom stereocenters. The predicted octanol–water partition coefficient (Wildman–Crippen LogP) is 3.09. The van der Waals surface area contributed by atoms with E-state index in [1.807, 2.05) is 11.8 Å². The molecule has 0 aromatic heterocycles. The lowest BCUT2D eigenvalue weighted by molar-refractivity contribution is -0.116. The van der Waals surface area contributed by atoms with Crippen LogP contribution < -0.4 is 10.6 Å². The number of thioether (sulfide) groups is 1. The number of hydrogen-bond acceptors (Lipinski definition) is 3. The van der Waals surface area contributed by atoms with Crippen molar-refractivity contribution in [1.29, 1.82) is 0 Å². The highest BCUT2D eigenvalue weighted by Crippen LogP contribution is 2.40. The van der Waals surface area contributed by atoms with Crippen LogP contribution in [0, 0.1) is 0 Å². The number of anilines is 1. The van der Waals surface area contributed by atoms with Crippen LogP contribution in [0.5, 0.6) is 0 Å². The summed E-state index contributed by atoms with van der Waals surface area (Å²) >= 11 is 1.64. The first-order chi connectivity index (χ1) is 9.16. The monoisotopic (exact) mass is 276 g/mol. The molecule has 1 aliphatic heterocycles. The first-order valence-corrected chi connectivity index (χ1v) is 8.00. The molecule has 3 rings (SSSR count). The van der Waals surface area contributed by atoms with Crippen molar-refractivity contribution in [2.75, 3.05) is 10.7 Å². The van der Waals surface area contributed by atoms with Gasteiger partial charge in [-0.05, 0) is 37.5 Å². The molecule has 0 saturated heterocycles. The van der Waals surface area contributed by atoms with Crippen LogP contribution >= 0.6 is 11.8 Å². The zero-order valence-corrected chi connectivity index (χ0v) is 12.1. The summed E-state index contributed by atoms with van der Waals surface area (Å²) in [6.45, 7) is 2.00. The lowest BCUT2D eigenvalue weighted by atomic mass is 10.1. The van der Waals surface area contributed by atoms with Gasteiger partial charge < -0.3 is 10.6 Å². The second-order valence-corrected chi connectivity index (χ2v) is 6.52. The summed E-state index contributed by atoms with van der Waals surface area (Å²) in [7, 11) is 0. The Hall–Kier alpha value is -1.00. The van der Waals surface area contributed by atoms with E-state index in [0.29, 0.717) is 11.8 Å². The van der Waals surface area contributed by atoms with Gasteiger partial charge >= 0.3 is 0 Å². The zero-order chi connectivity index (χ0) is 13.4. The molecule has 19 heavy (non-hydrogen) atoms. The van der Waals surface area contributed by atoms with Crippen molar-refractivity contribution in [3.63, 3.8) is 0 Å². The van der Waals surface area contributed by atoms with E-state index < -0.39 is 0 Å². The Morgan fingerprint density at radius 3 is 2.79 bits per heavy atom. The van der Waals surface area contributed by atoms with Gasteiger partial charge in [-0.15, -0.1) is 11.8 Å². The quantitative estimate of drug-likeness (QED) is 0.903. The fourth-order valence-electron chi connectivity index (χ4n) is 3.03. The van der Waals surface area contributed by atoms with Crippen molar-refractivity contribution < 1.29 is 4.79 Å². The molecule has 1 heterocycles. The Morgan fingerprint density at radius 1 is 1.37 bits per heavy atom. The number of rotatable bonds is 2. The fraction of sp³-hybridized carbons (Fsp3) is 0.533. The zero-order valence-electron chi connectivity index (χ0n) is 11.3. The molecule has 0 radical (unpaired) electrons. The van der Waals surface area contributed by atoms with Gasteiger partial charge in [0.2, 0.25) is 5.91 Å². The first-order valence-electron chi connectivity index (χ1n) is 7.01. The van der Waals surface area contributed by atoms with E-state index in [2.05, 4.69) is 18.2 Å². The molecule has 2 aliphatic rings. The molecular weight excluding hydrogens is 256 g/mol. The summed E-state index contributed by atoms with van der Waals surface area (Å²) < 4.78 is 0. The number of amides is 1. The maximum atomic E-state index is 12.2. The van der Waals surface area contributed by atoms with Gasteiger partial charge in [0.05, 0.1) is 11.4 Å². The van der Waals surface area contributed by atoms with Crippen LogP contribution in [0.1, 0.15) is 44.2 Å². The number of nitrogens with zero attached hydrogens (tertiary/aromatic N) is 1. The minimum Gasteiger partial charge on any atom is -0.324 e. The second kappa shape index (κ2) is 5.17. The van der Waals surface area contributed by atoms with Gasteiger partial charge in [0.25, 0.3) is 0 Å². The van der Waals surface area contributed by atoms with E-state index in [-0.39, 0.29) is 11.9 Å². The molecule has 102 valence electrons. The first kappa shape index (κ1) is 13.0. The Labute approximate surface area is 118 Å². The number of nitrogens with two attached hydrogens (primary N) is 1. The Morgan fingerprint density at radius 2 is 2.11 bits per heavy atom. The molecule has 3 nitrogen and oxygen atoms in total. The average Bonchev–Trinajstić information content (AvgIpc) is 2.91. The normalized spacial score (nSPS) is 21.6. The smallest absolute Gasteiger partial charge is 0.237 e. The Balaban J connectivity index is 1.97. The number of benzene rings is 1. The average molecular weight is 276 g/mol. The van der Waals surface area contributed by atoms with Gasteiger partial charge in [0, 0.05) is 17.0 Å². The number of hydrogen-bond donors (Lipinski definition) is 1. The molecule has 1 aromatic carbocycles.